The van der Waals surface area contributed by atoms with E-state index in [1.165, 1.54) is 6.92 Å². The molecule has 0 aliphatic rings. The number of carbonyl (C=O) groups is 1. The zero-order valence-electron chi connectivity index (χ0n) is 11.7. The molecule has 0 spiro atoms. The number of carbonyl (C=O) groups excluding carboxylic acids is 1. The summed E-state index contributed by atoms with van der Waals surface area (Å²) in [6.45, 7) is 5.15. The zero-order chi connectivity index (χ0) is 14.7. The molecule has 1 amide bonds. The number of nitrogens with one attached hydrogen (secondary N) is 2. The smallest absolute Gasteiger partial charge is 0.272 e. The summed E-state index contributed by atoms with van der Waals surface area (Å²) < 4.78 is 0. The fourth-order valence-corrected chi connectivity index (χ4v) is 2.20. The minimum atomic E-state index is -0.291. The van der Waals surface area contributed by atoms with Crippen LogP contribution >= 0.6 is 0 Å². The molecule has 2 aromatic heterocycles. The maximum Gasteiger partial charge on any atom is 0.272 e. The summed E-state index contributed by atoms with van der Waals surface area (Å²) in [5.41, 5.74) is 3.27. The minimum absolute atomic E-state index is 0.276. The molecule has 2 heterocycles. The van der Waals surface area contributed by atoms with E-state index < -0.39 is 0 Å². The highest BCUT2D eigenvalue weighted by Gasteiger charge is 2.16. The second-order valence-electron chi connectivity index (χ2n) is 4.47. The van der Waals surface area contributed by atoms with Crippen molar-refractivity contribution >= 4 is 11.6 Å². The van der Waals surface area contributed by atoms with Crippen LogP contribution < -0.4 is 10.9 Å². The lowest BCUT2D eigenvalue weighted by Crippen LogP contribution is -2.21. The van der Waals surface area contributed by atoms with E-state index in [0.717, 1.165) is 22.4 Å². The molecule has 6 heteroatoms. The Morgan fingerprint density at radius 3 is 2.70 bits per heavy atom. The van der Waals surface area contributed by atoms with Crippen LogP contribution in [0.1, 0.15) is 25.1 Å². The molecular formula is C14H16N4O2. The van der Waals surface area contributed by atoms with E-state index in [4.69, 9.17) is 0 Å². The van der Waals surface area contributed by atoms with Gasteiger partial charge in [-0.3, -0.25) is 9.59 Å². The average Bonchev–Trinajstić information content (AvgIpc) is 2.43. The van der Waals surface area contributed by atoms with Crippen LogP contribution in [0.25, 0.3) is 11.1 Å². The number of hydrogen-bond donors (Lipinski definition) is 2. The number of rotatable bonds is 3. The van der Waals surface area contributed by atoms with Gasteiger partial charge in [0.2, 0.25) is 5.91 Å². The predicted octanol–water partition coefficient (Wildman–Crippen LogP) is 1.66. The molecule has 0 bridgehead atoms. The summed E-state index contributed by atoms with van der Waals surface area (Å²) in [6.07, 6.45) is 3.91. The van der Waals surface area contributed by atoms with Gasteiger partial charge < -0.3 is 10.3 Å². The number of nitrogens with zero attached hydrogens (tertiary/aromatic N) is 2. The number of pyridine rings is 1. The van der Waals surface area contributed by atoms with E-state index in [2.05, 4.69) is 20.5 Å². The molecule has 2 aromatic rings. The molecule has 0 atom stereocenters. The normalized spacial score (nSPS) is 10.3. The lowest BCUT2D eigenvalue weighted by Gasteiger charge is -2.15. The first-order valence-electron chi connectivity index (χ1n) is 6.35. The lowest BCUT2D eigenvalue weighted by atomic mass is 9.98. The van der Waals surface area contributed by atoms with Crippen LogP contribution in [0.4, 0.5) is 5.69 Å². The van der Waals surface area contributed by atoms with E-state index in [1.54, 1.807) is 12.4 Å². The van der Waals surface area contributed by atoms with Crippen LogP contribution in [0.5, 0.6) is 0 Å². The number of amides is 1. The fourth-order valence-electron chi connectivity index (χ4n) is 2.20. The van der Waals surface area contributed by atoms with Crippen molar-refractivity contribution in [3.63, 3.8) is 0 Å². The van der Waals surface area contributed by atoms with Crippen LogP contribution in [0.3, 0.4) is 0 Å². The topological polar surface area (TPSA) is 87.7 Å². The quantitative estimate of drug-likeness (QED) is 0.889. The highest BCUT2D eigenvalue weighted by atomic mass is 16.2. The van der Waals surface area contributed by atoms with Gasteiger partial charge in [0, 0.05) is 23.7 Å². The first-order valence-corrected chi connectivity index (χ1v) is 6.35. The minimum Gasteiger partial charge on any atom is -0.324 e. The Kier molecular flexibility index (Phi) is 3.93. The Bertz CT molecular complexity index is 692. The van der Waals surface area contributed by atoms with Gasteiger partial charge in [0.15, 0.2) is 0 Å². The summed E-state index contributed by atoms with van der Waals surface area (Å²) in [5.74, 6) is -0.276. The first-order chi connectivity index (χ1) is 9.54. The standard InChI is InChI=1S/C14H16N4O2/c1-4-11-12(10-5-6-15-16-7-10)8(2)13(14(20)18-11)17-9(3)19/h5-7H,4H2,1-3H3,(H,17,19)(H,18,20). The molecule has 0 fully saturated rings. The van der Waals surface area contributed by atoms with Crippen molar-refractivity contribution in [2.45, 2.75) is 27.2 Å². The number of aromatic amines is 1. The van der Waals surface area contributed by atoms with Gasteiger partial charge in [0.25, 0.3) is 5.56 Å². The highest BCUT2D eigenvalue weighted by Crippen LogP contribution is 2.28. The van der Waals surface area contributed by atoms with Gasteiger partial charge in [-0.05, 0) is 25.0 Å². The van der Waals surface area contributed by atoms with Gasteiger partial charge in [-0.2, -0.15) is 10.2 Å². The Labute approximate surface area is 116 Å². The molecule has 0 radical (unpaired) electrons. The number of H-pyrrole nitrogens is 1. The number of aryl methyl sites for hydroxylation is 1. The third-order valence-corrected chi connectivity index (χ3v) is 3.07. The third-order valence-electron chi connectivity index (χ3n) is 3.07. The maximum absolute atomic E-state index is 12.0. The summed E-state index contributed by atoms with van der Waals surface area (Å²) >= 11 is 0. The van der Waals surface area contributed by atoms with Gasteiger partial charge in [0.05, 0.1) is 12.4 Å². The van der Waals surface area contributed by atoms with E-state index in [1.807, 2.05) is 19.9 Å². The second kappa shape index (κ2) is 5.64. The monoisotopic (exact) mass is 272 g/mol. The molecule has 2 rings (SSSR count). The maximum atomic E-state index is 12.0. The van der Waals surface area contributed by atoms with Gasteiger partial charge in [-0.15, -0.1) is 0 Å². The van der Waals surface area contributed by atoms with Crippen molar-refractivity contribution in [2.75, 3.05) is 5.32 Å². The summed E-state index contributed by atoms with van der Waals surface area (Å²) in [4.78, 5) is 26.1. The molecule has 0 saturated carbocycles. The molecule has 0 unspecified atom stereocenters. The Morgan fingerprint density at radius 2 is 2.15 bits per heavy atom. The molecule has 0 aliphatic heterocycles. The van der Waals surface area contributed by atoms with Crippen LogP contribution in [-0.2, 0) is 11.2 Å². The van der Waals surface area contributed by atoms with Crippen LogP contribution in [0, 0.1) is 6.92 Å². The molecule has 104 valence electrons. The fraction of sp³-hybridized carbons (Fsp3) is 0.286. The van der Waals surface area contributed by atoms with Crippen molar-refractivity contribution in [1.82, 2.24) is 15.2 Å². The van der Waals surface area contributed by atoms with Crippen molar-refractivity contribution in [3.05, 3.63) is 40.1 Å². The molecule has 6 nitrogen and oxygen atoms in total. The first kappa shape index (κ1) is 13.9. The van der Waals surface area contributed by atoms with Gasteiger partial charge in [-0.1, -0.05) is 6.92 Å². The molecule has 20 heavy (non-hydrogen) atoms. The summed E-state index contributed by atoms with van der Waals surface area (Å²) in [5, 5.41) is 10.2. The van der Waals surface area contributed by atoms with E-state index in [-0.39, 0.29) is 17.2 Å². The van der Waals surface area contributed by atoms with Crippen molar-refractivity contribution in [2.24, 2.45) is 0 Å². The zero-order valence-corrected chi connectivity index (χ0v) is 11.7. The van der Waals surface area contributed by atoms with Gasteiger partial charge in [-0.25, -0.2) is 0 Å². The van der Waals surface area contributed by atoms with Gasteiger partial charge in [0.1, 0.15) is 5.69 Å². The molecule has 0 aromatic carbocycles. The van der Waals surface area contributed by atoms with E-state index in [0.29, 0.717) is 6.42 Å². The largest absolute Gasteiger partial charge is 0.324 e. The Morgan fingerprint density at radius 1 is 1.40 bits per heavy atom. The Balaban J connectivity index is 2.72. The predicted molar refractivity (Wildman–Crippen MR) is 76.5 cm³/mol. The third kappa shape index (κ3) is 2.59. The highest BCUT2D eigenvalue weighted by molar-refractivity contribution is 5.91. The number of aromatic nitrogens is 3. The van der Waals surface area contributed by atoms with Crippen LogP contribution in [0.15, 0.2) is 23.3 Å². The van der Waals surface area contributed by atoms with Crippen molar-refractivity contribution < 1.29 is 4.79 Å². The van der Waals surface area contributed by atoms with Gasteiger partial charge >= 0.3 is 0 Å². The second-order valence-corrected chi connectivity index (χ2v) is 4.47. The van der Waals surface area contributed by atoms with Crippen molar-refractivity contribution in [1.29, 1.82) is 0 Å². The van der Waals surface area contributed by atoms with E-state index in [9.17, 15) is 9.59 Å². The SMILES string of the molecule is CCc1[nH]c(=O)c(NC(C)=O)c(C)c1-c1ccnnc1. The average molecular weight is 272 g/mol. The lowest BCUT2D eigenvalue weighted by molar-refractivity contribution is -0.114. The number of hydrogen-bond acceptors (Lipinski definition) is 4. The molecule has 0 saturated heterocycles. The van der Waals surface area contributed by atoms with Crippen LogP contribution in [0.2, 0.25) is 0 Å². The molecule has 2 N–H and O–H groups in total. The molecule has 0 aliphatic carbocycles. The Hall–Kier alpha value is -2.50. The summed E-state index contributed by atoms with van der Waals surface area (Å²) in [7, 11) is 0. The number of anilines is 1. The van der Waals surface area contributed by atoms with E-state index >= 15 is 0 Å². The van der Waals surface area contributed by atoms with Crippen molar-refractivity contribution in [3.8, 4) is 11.1 Å². The molecular weight excluding hydrogens is 256 g/mol. The van der Waals surface area contributed by atoms with Crippen LogP contribution in [-0.4, -0.2) is 21.1 Å². The summed E-state index contributed by atoms with van der Waals surface area (Å²) in [6, 6.07) is 1.82.